The number of benzene rings is 2. The van der Waals surface area contributed by atoms with Gasteiger partial charge in [-0.05, 0) is 43.3 Å². The van der Waals surface area contributed by atoms with Crippen LogP contribution in [-0.2, 0) is 0 Å². The monoisotopic (exact) mass is 296 g/mol. The molecule has 5 heteroatoms. The highest BCUT2D eigenvalue weighted by Crippen LogP contribution is 2.24. The zero-order valence-electron chi connectivity index (χ0n) is 12.4. The van der Waals surface area contributed by atoms with E-state index in [1.165, 1.54) is 0 Å². The lowest BCUT2D eigenvalue weighted by atomic mass is 10.2. The minimum atomic E-state index is -0.318. The topological polar surface area (TPSA) is 57.4 Å². The molecule has 22 heavy (non-hydrogen) atoms. The molecular weight excluding hydrogens is 280 g/mol. The van der Waals surface area contributed by atoms with Crippen LogP contribution in [0.3, 0.4) is 0 Å². The van der Waals surface area contributed by atoms with Gasteiger partial charge in [-0.3, -0.25) is 0 Å². The first-order chi connectivity index (χ1) is 10.8. The van der Waals surface area contributed by atoms with Gasteiger partial charge in [0.05, 0.1) is 7.11 Å². The first kappa shape index (κ1) is 14.1. The number of hydrogen-bond acceptors (Lipinski definition) is 5. The fraction of sp³-hybridized carbons (Fsp3) is 0.176. The van der Waals surface area contributed by atoms with Gasteiger partial charge in [-0.25, -0.2) is 0 Å². The predicted molar refractivity (Wildman–Crippen MR) is 81.8 cm³/mol. The molecule has 5 nitrogen and oxygen atoms in total. The predicted octanol–water partition coefficient (Wildman–Crippen LogP) is 3.89. The molecule has 0 N–H and O–H groups in total. The number of ether oxygens (including phenoxy) is 2. The van der Waals surface area contributed by atoms with Gasteiger partial charge in [0.15, 0.2) is 6.10 Å². The zero-order chi connectivity index (χ0) is 15.4. The molecule has 3 rings (SSSR count). The van der Waals surface area contributed by atoms with Gasteiger partial charge < -0.3 is 14.0 Å². The summed E-state index contributed by atoms with van der Waals surface area (Å²) in [6.07, 6.45) is -0.318. The molecule has 0 aliphatic heterocycles. The molecule has 0 radical (unpaired) electrons. The van der Waals surface area contributed by atoms with Crippen LogP contribution >= 0.6 is 0 Å². The number of nitrogens with zero attached hydrogens (tertiary/aromatic N) is 2. The molecule has 2 aromatic carbocycles. The minimum absolute atomic E-state index is 0.318. The summed E-state index contributed by atoms with van der Waals surface area (Å²) < 4.78 is 16.2. The van der Waals surface area contributed by atoms with Crippen molar-refractivity contribution in [1.82, 2.24) is 10.1 Å². The maximum Gasteiger partial charge on any atom is 0.267 e. The molecule has 0 spiro atoms. The van der Waals surface area contributed by atoms with Crippen molar-refractivity contribution in [2.45, 2.75) is 13.0 Å². The number of aromatic nitrogens is 2. The van der Waals surface area contributed by atoms with E-state index in [2.05, 4.69) is 10.1 Å². The van der Waals surface area contributed by atoms with Crippen LogP contribution in [0.25, 0.3) is 11.4 Å². The van der Waals surface area contributed by atoms with Crippen LogP contribution in [0.15, 0.2) is 59.1 Å². The van der Waals surface area contributed by atoms with Crippen molar-refractivity contribution >= 4 is 0 Å². The maximum atomic E-state index is 5.77. The Labute approximate surface area is 128 Å². The summed E-state index contributed by atoms with van der Waals surface area (Å²) in [4.78, 5) is 4.39. The average molecular weight is 296 g/mol. The van der Waals surface area contributed by atoms with Crippen LogP contribution in [0.4, 0.5) is 0 Å². The highest BCUT2D eigenvalue weighted by Gasteiger charge is 2.16. The summed E-state index contributed by atoms with van der Waals surface area (Å²) in [5, 5.41) is 4.00. The van der Waals surface area contributed by atoms with Crippen molar-refractivity contribution in [2.75, 3.05) is 7.11 Å². The molecule has 0 fully saturated rings. The Bertz CT molecular complexity index is 723. The molecule has 3 aromatic rings. The number of rotatable bonds is 5. The number of methoxy groups -OCH3 is 1. The number of para-hydroxylation sites is 1. The SMILES string of the molecule is COc1ccc(-c2noc(C(C)Oc3ccccc3)n2)cc1. The van der Waals surface area contributed by atoms with Crippen molar-refractivity contribution in [3.8, 4) is 22.9 Å². The smallest absolute Gasteiger partial charge is 0.267 e. The highest BCUT2D eigenvalue weighted by atomic mass is 16.5. The Balaban J connectivity index is 1.75. The van der Waals surface area contributed by atoms with Crippen LogP contribution in [0.2, 0.25) is 0 Å². The lowest BCUT2D eigenvalue weighted by molar-refractivity contribution is 0.176. The van der Waals surface area contributed by atoms with Crippen LogP contribution in [-0.4, -0.2) is 17.3 Å². The molecule has 0 saturated carbocycles. The summed E-state index contributed by atoms with van der Waals surface area (Å²) >= 11 is 0. The van der Waals surface area contributed by atoms with Gasteiger partial charge in [-0.15, -0.1) is 0 Å². The Kier molecular flexibility index (Phi) is 4.05. The van der Waals surface area contributed by atoms with Gasteiger partial charge in [0.1, 0.15) is 11.5 Å². The van der Waals surface area contributed by atoms with E-state index >= 15 is 0 Å². The van der Waals surface area contributed by atoms with Crippen molar-refractivity contribution in [2.24, 2.45) is 0 Å². The molecule has 0 saturated heterocycles. The molecule has 1 aromatic heterocycles. The molecule has 0 aliphatic carbocycles. The minimum Gasteiger partial charge on any atom is -0.497 e. The van der Waals surface area contributed by atoms with E-state index in [9.17, 15) is 0 Å². The molecule has 0 aliphatic rings. The normalized spacial score (nSPS) is 11.9. The van der Waals surface area contributed by atoms with Crippen LogP contribution < -0.4 is 9.47 Å². The highest BCUT2D eigenvalue weighted by molar-refractivity contribution is 5.55. The van der Waals surface area contributed by atoms with Gasteiger partial charge in [0.2, 0.25) is 5.82 Å². The third-order valence-corrected chi connectivity index (χ3v) is 3.19. The summed E-state index contributed by atoms with van der Waals surface area (Å²) in [7, 11) is 1.63. The van der Waals surface area contributed by atoms with Crippen molar-refractivity contribution in [3.05, 3.63) is 60.5 Å². The summed E-state index contributed by atoms with van der Waals surface area (Å²) in [6, 6.07) is 17.0. The Morgan fingerprint density at radius 1 is 0.955 bits per heavy atom. The Morgan fingerprint density at radius 2 is 1.68 bits per heavy atom. The van der Waals surface area contributed by atoms with E-state index in [0.717, 1.165) is 17.1 Å². The van der Waals surface area contributed by atoms with E-state index in [-0.39, 0.29) is 6.10 Å². The van der Waals surface area contributed by atoms with E-state index in [0.29, 0.717) is 11.7 Å². The fourth-order valence-corrected chi connectivity index (χ4v) is 2.01. The van der Waals surface area contributed by atoms with Crippen LogP contribution in [0.5, 0.6) is 11.5 Å². The van der Waals surface area contributed by atoms with Gasteiger partial charge in [0.25, 0.3) is 5.89 Å². The van der Waals surface area contributed by atoms with E-state index in [4.69, 9.17) is 14.0 Å². The first-order valence-corrected chi connectivity index (χ1v) is 6.96. The molecule has 1 atom stereocenters. The third-order valence-electron chi connectivity index (χ3n) is 3.19. The molecule has 0 bridgehead atoms. The maximum absolute atomic E-state index is 5.77. The molecule has 1 heterocycles. The molecule has 112 valence electrons. The second-order valence-electron chi connectivity index (χ2n) is 4.76. The second-order valence-corrected chi connectivity index (χ2v) is 4.76. The second kappa shape index (κ2) is 6.30. The average Bonchev–Trinajstić information content (AvgIpc) is 3.06. The van der Waals surface area contributed by atoms with E-state index in [1.54, 1.807) is 7.11 Å². The van der Waals surface area contributed by atoms with Crippen LogP contribution in [0.1, 0.15) is 18.9 Å². The number of hydrogen-bond donors (Lipinski definition) is 0. The summed E-state index contributed by atoms with van der Waals surface area (Å²) in [6.45, 7) is 1.87. The van der Waals surface area contributed by atoms with Crippen LogP contribution in [0, 0.1) is 0 Å². The molecular formula is C17H16N2O3. The summed E-state index contributed by atoms with van der Waals surface area (Å²) in [5.41, 5.74) is 0.864. The first-order valence-electron chi connectivity index (χ1n) is 6.96. The molecule has 1 unspecified atom stereocenters. The van der Waals surface area contributed by atoms with Gasteiger partial charge in [0, 0.05) is 5.56 Å². The zero-order valence-corrected chi connectivity index (χ0v) is 12.4. The van der Waals surface area contributed by atoms with Crippen molar-refractivity contribution in [1.29, 1.82) is 0 Å². The Hall–Kier alpha value is -2.82. The van der Waals surface area contributed by atoms with Crippen molar-refractivity contribution in [3.63, 3.8) is 0 Å². The third kappa shape index (κ3) is 3.09. The van der Waals surface area contributed by atoms with E-state index < -0.39 is 0 Å². The quantitative estimate of drug-likeness (QED) is 0.715. The van der Waals surface area contributed by atoms with Gasteiger partial charge >= 0.3 is 0 Å². The van der Waals surface area contributed by atoms with Gasteiger partial charge in [-0.1, -0.05) is 23.4 Å². The Morgan fingerprint density at radius 3 is 2.36 bits per heavy atom. The lowest BCUT2D eigenvalue weighted by Crippen LogP contribution is -2.03. The fourth-order valence-electron chi connectivity index (χ4n) is 2.01. The lowest BCUT2D eigenvalue weighted by Gasteiger charge is -2.09. The van der Waals surface area contributed by atoms with E-state index in [1.807, 2.05) is 61.5 Å². The molecule has 0 amide bonds. The largest absolute Gasteiger partial charge is 0.497 e. The van der Waals surface area contributed by atoms with Gasteiger partial charge in [-0.2, -0.15) is 4.98 Å². The summed E-state index contributed by atoms with van der Waals surface area (Å²) in [5.74, 6) is 2.52. The van der Waals surface area contributed by atoms with Crippen molar-refractivity contribution < 1.29 is 14.0 Å². The standard InChI is InChI=1S/C17H16N2O3/c1-12(21-15-6-4-3-5-7-15)17-18-16(19-22-17)13-8-10-14(20-2)11-9-13/h3-12H,1-2H3.